The van der Waals surface area contributed by atoms with Crippen LogP contribution in [0, 0.1) is 0 Å². The van der Waals surface area contributed by atoms with E-state index in [4.69, 9.17) is 18.9 Å². The van der Waals surface area contributed by atoms with Gasteiger partial charge in [0.2, 0.25) is 0 Å². The average molecular weight is 346 g/mol. The van der Waals surface area contributed by atoms with Gasteiger partial charge in [-0.25, -0.2) is 0 Å². The van der Waals surface area contributed by atoms with Crippen LogP contribution in [0.5, 0.6) is 23.0 Å². The molecule has 0 bridgehead atoms. The van der Waals surface area contributed by atoms with Gasteiger partial charge in [0.25, 0.3) is 0 Å². The maximum Gasteiger partial charge on any atom is 0.136 e. The smallest absolute Gasteiger partial charge is 0.136 e. The van der Waals surface area contributed by atoms with Gasteiger partial charge < -0.3 is 24.1 Å². The predicted octanol–water partition coefficient (Wildman–Crippen LogP) is 4.26. The van der Waals surface area contributed by atoms with Gasteiger partial charge in [-0.15, -0.1) is 0 Å². The molecule has 0 fully saturated rings. The summed E-state index contributed by atoms with van der Waals surface area (Å²) in [5, 5.41) is 12.2. The zero-order valence-electron chi connectivity index (χ0n) is 15.7. The van der Waals surface area contributed by atoms with Crippen LogP contribution in [0.4, 0.5) is 0 Å². The van der Waals surface area contributed by atoms with E-state index in [0.29, 0.717) is 35.0 Å². The molecule has 0 aliphatic carbocycles. The Morgan fingerprint density at radius 3 is 1.96 bits per heavy atom. The molecule has 0 aliphatic heterocycles. The Bertz CT molecular complexity index is 775. The van der Waals surface area contributed by atoms with E-state index >= 15 is 0 Å². The quantitative estimate of drug-likeness (QED) is 0.759. The third-order valence-electron chi connectivity index (χ3n) is 4.12. The van der Waals surface area contributed by atoms with E-state index in [1.54, 1.807) is 34.5 Å². The van der Waals surface area contributed by atoms with Gasteiger partial charge in [-0.3, -0.25) is 0 Å². The lowest BCUT2D eigenvalue weighted by Gasteiger charge is -2.21. The van der Waals surface area contributed by atoms with Crippen LogP contribution >= 0.6 is 0 Å². The molecule has 0 unspecified atom stereocenters. The Morgan fingerprint density at radius 1 is 0.920 bits per heavy atom. The van der Waals surface area contributed by atoms with Gasteiger partial charge in [-0.2, -0.15) is 0 Å². The molecule has 25 heavy (non-hydrogen) atoms. The molecule has 5 heteroatoms. The molecular formula is C20H26O5. The molecule has 2 aromatic rings. The first-order valence-electron chi connectivity index (χ1n) is 8.09. The van der Waals surface area contributed by atoms with Crippen molar-refractivity contribution >= 4 is 10.8 Å². The van der Waals surface area contributed by atoms with Crippen molar-refractivity contribution in [2.75, 3.05) is 28.4 Å². The number of methoxy groups -OCH3 is 4. The van der Waals surface area contributed by atoms with Gasteiger partial charge in [-0.05, 0) is 38.5 Å². The fourth-order valence-electron chi connectivity index (χ4n) is 2.90. The summed E-state index contributed by atoms with van der Waals surface area (Å²) in [6.07, 6.45) is 1.75. The van der Waals surface area contributed by atoms with E-state index in [1.165, 1.54) is 0 Å². The summed E-state index contributed by atoms with van der Waals surface area (Å²) in [5.41, 5.74) is 1.79. The summed E-state index contributed by atoms with van der Waals surface area (Å²) >= 11 is 0. The molecule has 2 aromatic carbocycles. The van der Waals surface area contributed by atoms with Crippen molar-refractivity contribution in [1.29, 1.82) is 0 Å². The van der Waals surface area contributed by atoms with E-state index in [9.17, 15) is 5.11 Å². The number of aliphatic hydroxyl groups is 1. The van der Waals surface area contributed by atoms with E-state index < -0.39 is 6.10 Å². The van der Waals surface area contributed by atoms with Crippen molar-refractivity contribution in [2.45, 2.75) is 26.4 Å². The maximum atomic E-state index is 10.7. The van der Waals surface area contributed by atoms with Gasteiger partial charge in [0.1, 0.15) is 23.0 Å². The fourth-order valence-corrected chi connectivity index (χ4v) is 2.90. The third-order valence-corrected chi connectivity index (χ3v) is 4.12. The maximum absolute atomic E-state index is 10.7. The molecule has 1 atom stereocenters. The van der Waals surface area contributed by atoms with Gasteiger partial charge >= 0.3 is 0 Å². The molecule has 0 radical (unpaired) electrons. The SMILES string of the molecule is COc1ccc(OC)c2c(OC)c([C@@H](O)CC=C(C)C)cc(OC)c12. The van der Waals surface area contributed by atoms with Gasteiger partial charge in [0, 0.05) is 5.56 Å². The summed E-state index contributed by atoms with van der Waals surface area (Å²) in [4.78, 5) is 0. The number of hydrogen-bond acceptors (Lipinski definition) is 5. The van der Waals surface area contributed by atoms with E-state index in [-0.39, 0.29) is 0 Å². The first kappa shape index (κ1) is 18.9. The highest BCUT2D eigenvalue weighted by Gasteiger charge is 2.23. The van der Waals surface area contributed by atoms with Crippen LogP contribution in [-0.4, -0.2) is 33.5 Å². The lowest BCUT2D eigenvalue weighted by molar-refractivity contribution is 0.176. The Hall–Kier alpha value is -2.40. The van der Waals surface area contributed by atoms with Crippen molar-refractivity contribution < 1.29 is 24.1 Å². The Labute approximate surface area is 148 Å². The minimum absolute atomic E-state index is 0.486. The molecule has 5 nitrogen and oxygen atoms in total. The first-order chi connectivity index (χ1) is 12.0. The number of aliphatic hydroxyl groups excluding tert-OH is 1. The molecule has 0 heterocycles. The van der Waals surface area contributed by atoms with Crippen molar-refractivity contribution in [3.8, 4) is 23.0 Å². The summed E-state index contributed by atoms with van der Waals surface area (Å²) in [5.74, 6) is 2.43. The average Bonchev–Trinajstić information content (AvgIpc) is 2.63. The predicted molar refractivity (Wildman–Crippen MR) is 99.2 cm³/mol. The second-order valence-electron chi connectivity index (χ2n) is 5.95. The summed E-state index contributed by atoms with van der Waals surface area (Å²) in [7, 11) is 6.37. The summed E-state index contributed by atoms with van der Waals surface area (Å²) in [6.45, 7) is 4.00. The number of rotatable bonds is 7. The Morgan fingerprint density at radius 2 is 1.48 bits per heavy atom. The zero-order valence-corrected chi connectivity index (χ0v) is 15.7. The van der Waals surface area contributed by atoms with Crippen molar-refractivity contribution in [2.24, 2.45) is 0 Å². The fraction of sp³-hybridized carbons (Fsp3) is 0.400. The Balaban J connectivity index is 2.82. The molecule has 136 valence electrons. The van der Waals surface area contributed by atoms with E-state index in [0.717, 1.165) is 16.3 Å². The molecular weight excluding hydrogens is 320 g/mol. The van der Waals surface area contributed by atoms with E-state index in [1.807, 2.05) is 32.1 Å². The van der Waals surface area contributed by atoms with Crippen molar-refractivity contribution in [3.05, 3.63) is 35.4 Å². The molecule has 0 aliphatic rings. The van der Waals surface area contributed by atoms with Crippen LogP contribution in [0.1, 0.15) is 31.9 Å². The normalized spacial score (nSPS) is 11.8. The molecule has 0 amide bonds. The minimum Gasteiger partial charge on any atom is -0.496 e. The Kier molecular flexibility index (Phi) is 6.15. The minimum atomic E-state index is -0.723. The number of allylic oxidation sites excluding steroid dienone is 1. The lowest BCUT2D eigenvalue weighted by atomic mass is 9.97. The van der Waals surface area contributed by atoms with Gasteiger partial charge in [0.15, 0.2) is 0 Å². The summed E-state index contributed by atoms with van der Waals surface area (Å²) in [6, 6.07) is 5.43. The van der Waals surface area contributed by atoms with Gasteiger partial charge in [0.05, 0.1) is 45.3 Å². The first-order valence-corrected chi connectivity index (χ1v) is 8.09. The van der Waals surface area contributed by atoms with Crippen molar-refractivity contribution in [1.82, 2.24) is 0 Å². The van der Waals surface area contributed by atoms with Crippen LogP contribution in [0.3, 0.4) is 0 Å². The number of benzene rings is 2. The van der Waals surface area contributed by atoms with Crippen LogP contribution in [0.2, 0.25) is 0 Å². The highest BCUT2D eigenvalue weighted by molar-refractivity contribution is 6.03. The monoisotopic (exact) mass is 346 g/mol. The van der Waals surface area contributed by atoms with Gasteiger partial charge in [-0.1, -0.05) is 11.6 Å². The number of fused-ring (bicyclic) bond motifs is 1. The topological polar surface area (TPSA) is 57.2 Å². The second kappa shape index (κ2) is 8.12. The number of ether oxygens (including phenoxy) is 4. The summed E-state index contributed by atoms with van der Waals surface area (Å²) < 4.78 is 22.2. The van der Waals surface area contributed by atoms with E-state index in [2.05, 4.69) is 0 Å². The third kappa shape index (κ3) is 3.66. The van der Waals surface area contributed by atoms with Crippen molar-refractivity contribution in [3.63, 3.8) is 0 Å². The molecule has 0 aromatic heterocycles. The van der Waals surface area contributed by atoms with Crippen LogP contribution in [0.25, 0.3) is 10.8 Å². The van der Waals surface area contributed by atoms with Crippen LogP contribution < -0.4 is 18.9 Å². The lowest BCUT2D eigenvalue weighted by Crippen LogP contribution is -2.03. The molecule has 2 rings (SSSR count). The number of hydrogen-bond donors (Lipinski definition) is 1. The van der Waals surface area contributed by atoms with Crippen LogP contribution in [0.15, 0.2) is 29.8 Å². The zero-order chi connectivity index (χ0) is 18.6. The van der Waals surface area contributed by atoms with Crippen LogP contribution in [-0.2, 0) is 0 Å². The molecule has 0 saturated heterocycles. The standard InChI is InChI=1S/C20H26O5/c1-12(2)7-8-14(21)13-11-17(24-5)18-15(22-3)9-10-16(23-4)19(18)20(13)25-6/h7,9-11,14,21H,8H2,1-6H3/t14-/m0/s1. The largest absolute Gasteiger partial charge is 0.496 e. The molecule has 0 saturated carbocycles. The highest BCUT2D eigenvalue weighted by atomic mass is 16.5. The molecule has 1 N–H and O–H groups in total. The second-order valence-corrected chi connectivity index (χ2v) is 5.95. The molecule has 0 spiro atoms. The highest BCUT2D eigenvalue weighted by Crippen LogP contribution is 2.48.